The van der Waals surface area contributed by atoms with Gasteiger partial charge in [0.05, 0.1) is 16.6 Å². The van der Waals surface area contributed by atoms with Crippen molar-refractivity contribution >= 4 is 16.1 Å². The lowest BCUT2D eigenvalue weighted by atomic mass is 9.80. The van der Waals surface area contributed by atoms with Crippen LogP contribution >= 0.6 is 0 Å². The molecule has 6 unspecified atom stereocenters. The molecule has 2 aromatic rings. The SMILES string of the molecule is Cc1cc(S(=O)(=O)[O-])c(C(C)C)cc1OC(=O)c1ccc(F)c(OC(OC2CC3CC2C2CCCC32)C(C)C)c1. The number of rotatable bonds is 9. The molecule has 0 radical (unpaired) electrons. The molecule has 3 saturated carbocycles. The van der Waals surface area contributed by atoms with E-state index in [9.17, 15) is 22.2 Å². The van der Waals surface area contributed by atoms with Gasteiger partial charge in [0, 0.05) is 5.92 Å². The minimum atomic E-state index is -4.70. The fraction of sp³-hybridized carbons (Fsp3) is 0.581. The summed E-state index contributed by atoms with van der Waals surface area (Å²) in [6.07, 6.45) is 5.57. The number of aryl methyl sites for hydroxylation is 1. The van der Waals surface area contributed by atoms with Gasteiger partial charge in [-0.3, -0.25) is 0 Å². The van der Waals surface area contributed by atoms with Crippen molar-refractivity contribution in [3.8, 4) is 11.5 Å². The highest BCUT2D eigenvalue weighted by atomic mass is 32.2. The zero-order valence-electron chi connectivity index (χ0n) is 23.7. The van der Waals surface area contributed by atoms with Gasteiger partial charge in [0.2, 0.25) is 6.29 Å². The summed E-state index contributed by atoms with van der Waals surface area (Å²) in [6.45, 7) is 8.96. The van der Waals surface area contributed by atoms with E-state index in [1.807, 2.05) is 13.8 Å². The van der Waals surface area contributed by atoms with Crippen molar-refractivity contribution in [1.82, 2.24) is 0 Å². The van der Waals surface area contributed by atoms with Crippen LogP contribution in [0.1, 0.15) is 87.2 Å². The average molecular weight is 574 g/mol. The Bertz CT molecular complexity index is 1390. The van der Waals surface area contributed by atoms with Crippen LogP contribution in [-0.4, -0.2) is 31.3 Å². The second kappa shape index (κ2) is 11.1. The summed E-state index contributed by atoms with van der Waals surface area (Å²) in [5.41, 5.74) is 0.640. The smallest absolute Gasteiger partial charge is 0.343 e. The van der Waals surface area contributed by atoms with Gasteiger partial charge in [-0.05, 0) is 104 Å². The third kappa shape index (κ3) is 5.65. The van der Waals surface area contributed by atoms with Gasteiger partial charge in [-0.2, -0.15) is 0 Å². The molecular formula is C31H38FO7S-. The van der Waals surface area contributed by atoms with Crippen molar-refractivity contribution in [2.24, 2.45) is 29.6 Å². The van der Waals surface area contributed by atoms with E-state index in [0.29, 0.717) is 17.4 Å². The van der Waals surface area contributed by atoms with Gasteiger partial charge in [0.1, 0.15) is 15.9 Å². The quantitative estimate of drug-likeness (QED) is 0.144. The van der Waals surface area contributed by atoms with Gasteiger partial charge in [-0.1, -0.05) is 34.1 Å². The van der Waals surface area contributed by atoms with E-state index in [2.05, 4.69) is 0 Å². The van der Waals surface area contributed by atoms with Crippen molar-refractivity contribution in [3.63, 3.8) is 0 Å². The maximum absolute atomic E-state index is 14.9. The van der Waals surface area contributed by atoms with Gasteiger partial charge in [0.25, 0.3) is 0 Å². The Labute approximate surface area is 236 Å². The highest BCUT2D eigenvalue weighted by Crippen LogP contribution is 2.59. The normalized spacial score (nSPS) is 26.4. The molecule has 9 heteroatoms. The summed E-state index contributed by atoms with van der Waals surface area (Å²) < 4.78 is 68.2. The molecule has 3 aliphatic rings. The number of carbonyl (C=O) groups is 1. The average Bonchev–Trinajstić information content (AvgIpc) is 3.59. The van der Waals surface area contributed by atoms with Gasteiger partial charge >= 0.3 is 5.97 Å². The van der Waals surface area contributed by atoms with E-state index in [1.54, 1.807) is 20.8 Å². The number of carbonyl (C=O) groups excluding carboxylic acids is 1. The summed E-state index contributed by atoms with van der Waals surface area (Å²) in [4.78, 5) is 12.7. The number of esters is 1. The maximum atomic E-state index is 14.9. The van der Waals surface area contributed by atoms with Gasteiger partial charge in [0.15, 0.2) is 11.6 Å². The van der Waals surface area contributed by atoms with Crippen LogP contribution in [0.15, 0.2) is 35.2 Å². The fourth-order valence-electron chi connectivity index (χ4n) is 7.11. The standard InChI is InChI=1S/C31H39FO7S/c1-16(2)23-15-26(18(5)11-29(23)40(34,35)36)37-30(33)19-9-10-25(32)28(13-19)39-31(17(3)4)38-27-14-20-12-24(27)22-8-6-7-21(20)22/h9-11,13,15-17,20-22,24,27,31H,6-8,12,14H2,1-5H3,(H,34,35,36)/p-1. The van der Waals surface area contributed by atoms with Crippen LogP contribution in [0.2, 0.25) is 0 Å². The van der Waals surface area contributed by atoms with Crippen LogP contribution in [0.3, 0.4) is 0 Å². The zero-order chi connectivity index (χ0) is 28.9. The summed E-state index contributed by atoms with van der Waals surface area (Å²) >= 11 is 0. The predicted molar refractivity (Wildman–Crippen MR) is 146 cm³/mol. The Balaban J connectivity index is 1.32. The van der Waals surface area contributed by atoms with Crippen LogP contribution in [0.5, 0.6) is 11.5 Å². The lowest BCUT2D eigenvalue weighted by Gasteiger charge is -2.35. The Hall–Kier alpha value is -2.49. The molecule has 40 heavy (non-hydrogen) atoms. The molecule has 0 heterocycles. The molecule has 2 aromatic carbocycles. The molecule has 3 aliphatic carbocycles. The number of fused-ring (bicyclic) bond motifs is 5. The van der Waals surface area contributed by atoms with E-state index in [0.717, 1.165) is 24.3 Å². The third-order valence-electron chi connectivity index (χ3n) is 9.03. The van der Waals surface area contributed by atoms with Crippen molar-refractivity contribution in [2.45, 2.75) is 89.9 Å². The largest absolute Gasteiger partial charge is 0.744 e. The topological polar surface area (TPSA) is 102 Å². The first-order valence-corrected chi connectivity index (χ1v) is 15.7. The summed E-state index contributed by atoms with van der Waals surface area (Å²) in [7, 11) is -4.70. The number of ether oxygens (including phenoxy) is 3. The zero-order valence-corrected chi connectivity index (χ0v) is 24.5. The molecule has 2 bridgehead atoms. The molecule has 7 nitrogen and oxygen atoms in total. The summed E-state index contributed by atoms with van der Waals surface area (Å²) in [5, 5.41) is 0. The Kier molecular flexibility index (Phi) is 8.03. The lowest BCUT2D eigenvalue weighted by Crippen LogP contribution is -2.37. The maximum Gasteiger partial charge on any atom is 0.343 e. The van der Waals surface area contributed by atoms with Crippen molar-refractivity contribution < 1.29 is 36.4 Å². The summed E-state index contributed by atoms with van der Waals surface area (Å²) in [5.74, 6) is 1.13. The van der Waals surface area contributed by atoms with E-state index in [4.69, 9.17) is 14.2 Å². The first kappa shape index (κ1) is 29.0. The molecule has 0 aliphatic heterocycles. The molecular weight excluding hydrogens is 535 g/mol. The minimum absolute atomic E-state index is 0.0404. The second-order valence-corrected chi connectivity index (χ2v) is 13.7. The van der Waals surface area contributed by atoms with E-state index < -0.39 is 28.2 Å². The van der Waals surface area contributed by atoms with Crippen molar-refractivity contribution in [1.29, 1.82) is 0 Å². The third-order valence-corrected chi connectivity index (χ3v) is 9.92. The molecule has 0 N–H and O–H groups in total. The highest BCUT2D eigenvalue weighted by molar-refractivity contribution is 7.85. The number of hydrogen-bond acceptors (Lipinski definition) is 7. The first-order valence-electron chi connectivity index (χ1n) is 14.3. The predicted octanol–water partition coefficient (Wildman–Crippen LogP) is 6.58. The van der Waals surface area contributed by atoms with Crippen molar-refractivity contribution in [2.75, 3.05) is 0 Å². The van der Waals surface area contributed by atoms with E-state index >= 15 is 0 Å². The Morgan fingerprint density at radius 1 is 1.00 bits per heavy atom. The van der Waals surface area contributed by atoms with E-state index in [-0.39, 0.29) is 45.5 Å². The Morgan fingerprint density at radius 2 is 1.73 bits per heavy atom. The second-order valence-electron chi connectivity index (χ2n) is 12.4. The molecule has 3 fully saturated rings. The molecule has 0 amide bonds. The van der Waals surface area contributed by atoms with Crippen LogP contribution in [0.4, 0.5) is 4.39 Å². The molecule has 0 aromatic heterocycles. The van der Waals surface area contributed by atoms with Gasteiger partial charge in [-0.25, -0.2) is 17.6 Å². The number of hydrogen-bond donors (Lipinski definition) is 0. The molecule has 218 valence electrons. The molecule has 6 atom stereocenters. The number of halogens is 1. The number of benzene rings is 2. The van der Waals surface area contributed by atoms with Gasteiger partial charge < -0.3 is 18.8 Å². The monoisotopic (exact) mass is 573 g/mol. The van der Waals surface area contributed by atoms with Crippen LogP contribution < -0.4 is 9.47 Å². The van der Waals surface area contributed by atoms with E-state index in [1.165, 1.54) is 49.9 Å². The molecule has 0 spiro atoms. The van der Waals surface area contributed by atoms with Gasteiger partial charge in [-0.15, -0.1) is 0 Å². The Morgan fingerprint density at radius 3 is 2.40 bits per heavy atom. The fourth-order valence-corrected chi connectivity index (χ4v) is 8.02. The van der Waals surface area contributed by atoms with Crippen LogP contribution in [-0.2, 0) is 14.9 Å². The molecule has 5 rings (SSSR count). The first-order chi connectivity index (χ1) is 18.8. The van der Waals surface area contributed by atoms with Crippen molar-refractivity contribution in [3.05, 3.63) is 52.8 Å². The minimum Gasteiger partial charge on any atom is -0.744 e. The summed E-state index contributed by atoms with van der Waals surface area (Å²) in [6, 6.07) is 6.38. The van der Waals surface area contributed by atoms with Crippen LogP contribution in [0, 0.1) is 42.3 Å². The lowest BCUT2D eigenvalue weighted by molar-refractivity contribution is -0.163. The highest BCUT2D eigenvalue weighted by Gasteiger charge is 2.54. The molecule has 0 saturated heterocycles. The van der Waals surface area contributed by atoms with Crippen LogP contribution in [0.25, 0.3) is 0 Å².